The van der Waals surface area contributed by atoms with Gasteiger partial charge < -0.3 is 0 Å². The van der Waals surface area contributed by atoms with Gasteiger partial charge in [-0.05, 0) is 18.6 Å². The van der Waals surface area contributed by atoms with Gasteiger partial charge in [-0.25, -0.2) is 18.1 Å². The van der Waals surface area contributed by atoms with E-state index in [2.05, 4.69) is 16.3 Å². The van der Waals surface area contributed by atoms with Crippen LogP contribution in [0.5, 0.6) is 0 Å². The number of pyridine rings is 1. The summed E-state index contributed by atoms with van der Waals surface area (Å²) in [5, 5.41) is 0.772. The first-order valence-corrected chi connectivity index (χ1v) is 5.72. The molecule has 0 radical (unpaired) electrons. The molecule has 82 valence electrons. The van der Waals surface area contributed by atoms with Gasteiger partial charge in [0.1, 0.15) is 0 Å². The predicted molar refractivity (Wildman–Crippen MR) is 54.9 cm³/mol. The zero-order valence-electron chi connectivity index (χ0n) is 8.20. The number of nitrogens with one attached hydrogen (secondary N) is 1. The lowest BCUT2D eigenvalue weighted by atomic mass is 10.2. The number of hydrogen-bond donors (Lipinski definition) is 1. The minimum Gasteiger partial charge on any atom is -0.228 e. The molecule has 15 heavy (non-hydrogen) atoms. The molecular formula is C9H11FN2O2S. The molecule has 4 nitrogen and oxygen atoms in total. The molecule has 1 heterocycles. The quantitative estimate of drug-likeness (QED) is 0.788. The predicted octanol–water partition coefficient (Wildman–Crippen LogP) is 1.09. The Morgan fingerprint density at radius 3 is 2.93 bits per heavy atom. The zero-order valence-corrected chi connectivity index (χ0v) is 9.01. The van der Waals surface area contributed by atoms with Crippen LogP contribution in [0.15, 0.2) is 24.3 Å². The third-order valence-corrected chi connectivity index (χ3v) is 2.72. The molecule has 1 aromatic rings. The molecule has 0 aliphatic carbocycles. The summed E-state index contributed by atoms with van der Waals surface area (Å²) < 4.78 is 37.2. The third kappa shape index (κ3) is 3.41. The van der Waals surface area contributed by atoms with Crippen molar-refractivity contribution in [3.8, 4) is 0 Å². The molecule has 0 aromatic carbocycles. The van der Waals surface area contributed by atoms with Crippen molar-refractivity contribution in [2.24, 2.45) is 0 Å². The maximum atomic E-state index is 13.1. The molecule has 0 fully saturated rings. The Morgan fingerprint density at radius 1 is 1.67 bits per heavy atom. The van der Waals surface area contributed by atoms with Crippen LogP contribution in [0.25, 0.3) is 0 Å². The van der Waals surface area contributed by atoms with Crippen molar-refractivity contribution in [2.75, 3.05) is 0 Å². The van der Waals surface area contributed by atoms with E-state index in [9.17, 15) is 12.8 Å². The molecule has 0 aliphatic rings. The minimum absolute atomic E-state index is 0.130. The van der Waals surface area contributed by atoms with E-state index >= 15 is 0 Å². The fourth-order valence-electron chi connectivity index (χ4n) is 0.974. The standard InChI is InChI=1S/C9H11FN2O2S/c1-3-15(13,14)12-6-8-4-7(2)5-11-9(8)10/h3-5,12H,1,6H2,2H3. The summed E-state index contributed by atoms with van der Waals surface area (Å²) in [7, 11) is -3.53. The largest absolute Gasteiger partial charge is 0.233 e. The second-order valence-corrected chi connectivity index (χ2v) is 4.71. The summed E-state index contributed by atoms with van der Waals surface area (Å²) in [5.74, 6) is -0.674. The highest BCUT2D eigenvalue weighted by atomic mass is 32.2. The van der Waals surface area contributed by atoms with Crippen molar-refractivity contribution < 1.29 is 12.8 Å². The summed E-state index contributed by atoms with van der Waals surface area (Å²) in [4.78, 5) is 3.48. The first-order chi connectivity index (χ1) is 6.94. The van der Waals surface area contributed by atoms with Crippen molar-refractivity contribution in [1.29, 1.82) is 0 Å². The van der Waals surface area contributed by atoms with Crippen LogP contribution in [0, 0.1) is 12.9 Å². The Balaban J connectivity index is 2.82. The highest BCUT2D eigenvalue weighted by molar-refractivity contribution is 7.92. The highest BCUT2D eigenvalue weighted by Gasteiger charge is 2.08. The summed E-state index contributed by atoms with van der Waals surface area (Å²) in [6.07, 6.45) is 1.38. The van der Waals surface area contributed by atoms with Crippen LogP contribution in [0.4, 0.5) is 4.39 Å². The summed E-state index contributed by atoms with van der Waals surface area (Å²) in [6, 6.07) is 1.54. The van der Waals surface area contributed by atoms with Gasteiger partial charge in [0.15, 0.2) is 0 Å². The van der Waals surface area contributed by atoms with Crippen molar-refractivity contribution in [3.63, 3.8) is 0 Å². The van der Waals surface area contributed by atoms with Gasteiger partial charge in [0, 0.05) is 23.7 Å². The molecular weight excluding hydrogens is 219 g/mol. The minimum atomic E-state index is -3.53. The van der Waals surface area contributed by atoms with Crippen molar-refractivity contribution in [2.45, 2.75) is 13.5 Å². The lowest BCUT2D eigenvalue weighted by Gasteiger charge is -2.04. The molecule has 0 atom stereocenters. The Bertz CT molecular complexity index is 471. The number of aryl methyl sites for hydroxylation is 1. The number of nitrogens with zero attached hydrogens (tertiary/aromatic N) is 1. The molecule has 1 N–H and O–H groups in total. The van der Waals surface area contributed by atoms with Crippen LogP contribution in [0.2, 0.25) is 0 Å². The Labute approximate surface area is 87.9 Å². The molecule has 0 aliphatic heterocycles. The fourth-order valence-corrected chi connectivity index (χ4v) is 1.45. The van der Waals surface area contributed by atoms with E-state index in [0.29, 0.717) is 0 Å². The molecule has 0 bridgehead atoms. The molecule has 1 aromatic heterocycles. The van der Waals surface area contributed by atoms with Crippen LogP contribution in [-0.4, -0.2) is 13.4 Å². The first-order valence-electron chi connectivity index (χ1n) is 4.18. The van der Waals surface area contributed by atoms with Crippen molar-refractivity contribution in [3.05, 3.63) is 41.3 Å². The molecule has 6 heteroatoms. The summed E-state index contributed by atoms with van der Waals surface area (Å²) >= 11 is 0. The second-order valence-electron chi connectivity index (χ2n) is 3.00. The molecule has 0 unspecified atom stereocenters. The summed E-state index contributed by atoms with van der Waals surface area (Å²) in [5.41, 5.74) is 0.977. The van der Waals surface area contributed by atoms with Gasteiger partial charge >= 0.3 is 0 Å². The fraction of sp³-hybridized carbons (Fsp3) is 0.222. The number of aromatic nitrogens is 1. The topological polar surface area (TPSA) is 59.1 Å². The van der Waals surface area contributed by atoms with E-state index in [1.54, 1.807) is 6.92 Å². The van der Waals surface area contributed by atoms with Gasteiger partial charge in [0.05, 0.1) is 0 Å². The van der Waals surface area contributed by atoms with Gasteiger partial charge in [0.2, 0.25) is 16.0 Å². The van der Waals surface area contributed by atoms with Gasteiger partial charge in [-0.2, -0.15) is 4.39 Å². The van der Waals surface area contributed by atoms with E-state index in [4.69, 9.17) is 0 Å². The third-order valence-electron chi connectivity index (χ3n) is 1.73. The lowest BCUT2D eigenvalue weighted by Crippen LogP contribution is -2.21. The van der Waals surface area contributed by atoms with Gasteiger partial charge in [0.25, 0.3) is 0 Å². The number of halogens is 1. The number of rotatable bonds is 4. The average molecular weight is 230 g/mol. The summed E-state index contributed by atoms with van der Waals surface area (Å²) in [6.45, 7) is 4.74. The van der Waals surface area contributed by atoms with Crippen LogP contribution in [-0.2, 0) is 16.6 Å². The lowest BCUT2D eigenvalue weighted by molar-refractivity contribution is 0.557. The van der Waals surface area contributed by atoms with E-state index < -0.39 is 16.0 Å². The van der Waals surface area contributed by atoms with E-state index in [1.807, 2.05) is 0 Å². The van der Waals surface area contributed by atoms with Crippen LogP contribution < -0.4 is 4.72 Å². The normalized spacial score (nSPS) is 11.3. The first kappa shape index (κ1) is 11.8. The van der Waals surface area contributed by atoms with Gasteiger partial charge in [-0.1, -0.05) is 6.58 Å². The Morgan fingerprint density at radius 2 is 2.33 bits per heavy atom. The second kappa shape index (κ2) is 4.50. The van der Waals surface area contributed by atoms with E-state index in [-0.39, 0.29) is 12.1 Å². The number of sulfonamides is 1. The molecule has 1 rings (SSSR count). The van der Waals surface area contributed by atoms with Crippen LogP contribution in [0.1, 0.15) is 11.1 Å². The Kier molecular flexibility index (Phi) is 3.54. The van der Waals surface area contributed by atoms with Gasteiger partial charge in [-0.15, -0.1) is 0 Å². The molecule has 0 saturated carbocycles. The van der Waals surface area contributed by atoms with Crippen molar-refractivity contribution >= 4 is 10.0 Å². The SMILES string of the molecule is C=CS(=O)(=O)NCc1cc(C)cnc1F. The smallest absolute Gasteiger partial charge is 0.228 e. The molecule has 0 amide bonds. The monoisotopic (exact) mass is 230 g/mol. The van der Waals surface area contributed by atoms with Gasteiger partial charge in [-0.3, -0.25) is 0 Å². The maximum Gasteiger partial charge on any atom is 0.233 e. The molecule has 0 saturated heterocycles. The van der Waals surface area contributed by atoms with Crippen LogP contribution in [0.3, 0.4) is 0 Å². The zero-order chi connectivity index (χ0) is 11.5. The Hall–Kier alpha value is -1.27. The average Bonchev–Trinajstić information content (AvgIpc) is 2.20. The number of hydrogen-bond acceptors (Lipinski definition) is 3. The van der Waals surface area contributed by atoms with E-state index in [0.717, 1.165) is 11.0 Å². The van der Waals surface area contributed by atoms with Crippen LogP contribution >= 0.6 is 0 Å². The van der Waals surface area contributed by atoms with E-state index in [1.165, 1.54) is 12.3 Å². The van der Waals surface area contributed by atoms with Crippen molar-refractivity contribution in [1.82, 2.24) is 9.71 Å². The highest BCUT2D eigenvalue weighted by Crippen LogP contribution is 2.06. The molecule has 0 spiro atoms. The maximum absolute atomic E-state index is 13.1.